The molecular formula is C27H34O6Si. The van der Waals surface area contributed by atoms with E-state index in [1.807, 2.05) is 50.2 Å². The molecule has 0 amide bonds. The van der Waals surface area contributed by atoms with Gasteiger partial charge in [-0.2, -0.15) is 0 Å². The molecule has 4 atom stereocenters. The molecule has 2 aromatic carbocycles. The molecule has 0 aromatic heterocycles. The molecule has 0 unspecified atom stereocenters. The molecule has 0 bridgehead atoms. The van der Waals surface area contributed by atoms with E-state index in [9.17, 15) is 9.90 Å². The predicted molar refractivity (Wildman–Crippen MR) is 132 cm³/mol. The molecule has 182 valence electrons. The van der Waals surface area contributed by atoms with E-state index in [2.05, 4.69) is 45.0 Å². The molecule has 0 aliphatic carbocycles. The Balaban J connectivity index is 1.71. The average Bonchev–Trinajstić information content (AvgIpc) is 3.10. The highest BCUT2D eigenvalue weighted by Gasteiger charge is 2.53. The zero-order valence-electron chi connectivity index (χ0n) is 20.4. The number of ether oxygens (including phenoxy) is 3. The largest absolute Gasteiger partial charge is 0.405 e. The number of aliphatic hydroxyl groups is 1. The van der Waals surface area contributed by atoms with Crippen molar-refractivity contribution in [1.29, 1.82) is 0 Å². The summed E-state index contributed by atoms with van der Waals surface area (Å²) in [5.74, 6) is -1.17. The Morgan fingerprint density at radius 3 is 2.06 bits per heavy atom. The molecule has 0 spiro atoms. The number of aliphatic hydroxyl groups excluding tert-OH is 1. The summed E-state index contributed by atoms with van der Waals surface area (Å²) in [5, 5.41) is 12.1. The molecule has 1 saturated heterocycles. The van der Waals surface area contributed by atoms with Crippen molar-refractivity contribution in [3.05, 3.63) is 72.8 Å². The molecule has 6 nitrogen and oxygen atoms in total. The third-order valence-corrected chi connectivity index (χ3v) is 11.4. The summed E-state index contributed by atoms with van der Waals surface area (Å²) >= 11 is 0. The summed E-state index contributed by atoms with van der Waals surface area (Å²) in [6, 6.07) is 20.7. The molecule has 4 rings (SSSR count). The number of carbonyl (C=O) groups excluding carboxylic acids is 1. The van der Waals surface area contributed by atoms with Gasteiger partial charge in [0, 0.05) is 0 Å². The van der Waals surface area contributed by atoms with Gasteiger partial charge in [0.25, 0.3) is 8.32 Å². The lowest BCUT2D eigenvalue weighted by Gasteiger charge is -2.43. The molecule has 2 aromatic rings. The van der Waals surface area contributed by atoms with Crippen LogP contribution in [0.4, 0.5) is 0 Å². The van der Waals surface area contributed by atoms with Crippen molar-refractivity contribution < 1.29 is 28.5 Å². The minimum Gasteiger partial charge on any atom is -0.405 e. The van der Waals surface area contributed by atoms with Crippen LogP contribution in [-0.4, -0.2) is 56.2 Å². The quantitative estimate of drug-likeness (QED) is 0.639. The second-order valence-electron chi connectivity index (χ2n) is 10.3. The molecule has 1 fully saturated rings. The molecule has 0 saturated carbocycles. The van der Waals surface area contributed by atoms with Gasteiger partial charge in [-0.05, 0) is 41.4 Å². The third-order valence-electron chi connectivity index (χ3n) is 6.39. The highest BCUT2D eigenvalue weighted by atomic mass is 28.4. The summed E-state index contributed by atoms with van der Waals surface area (Å²) in [5.41, 5.74) is 0. The SMILES string of the molecule is CC1(C)O[C@@H]([C@@H]2O[C@H](O)C=CC2=O)[C@H](CO[Si](c2ccccc2)(c2ccccc2)C(C)(C)C)O1. The van der Waals surface area contributed by atoms with Crippen molar-refractivity contribution in [3.8, 4) is 0 Å². The van der Waals surface area contributed by atoms with Crippen molar-refractivity contribution in [2.45, 2.75) is 70.0 Å². The topological polar surface area (TPSA) is 74.2 Å². The smallest absolute Gasteiger partial charge is 0.261 e. The Morgan fingerprint density at radius 1 is 0.971 bits per heavy atom. The van der Waals surface area contributed by atoms with E-state index in [0.717, 1.165) is 10.4 Å². The predicted octanol–water partition coefficient (Wildman–Crippen LogP) is 2.93. The standard InChI is InChI=1S/C27H34O6Si/c1-26(2,3)34(19-12-8-6-9-13-19,20-14-10-7-11-15-20)30-18-22-25(33-27(4,5)32-22)24-21(28)16-17-23(29)31-24/h6-17,22-25,29H,18H2,1-5H3/t22-,23-,24+,25+/m0/s1. The molecule has 0 radical (unpaired) electrons. The zero-order chi connectivity index (χ0) is 24.6. The van der Waals surface area contributed by atoms with Gasteiger partial charge >= 0.3 is 0 Å². The third kappa shape index (κ3) is 4.82. The number of benzene rings is 2. The van der Waals surface area contributed by atoms with Gasteiger partial charge in [-0.3, -0.25) is 4.79 Å². The van der Waals surface area contributed by atoms with Crippen LogP contribution in [0.15, 0.2) is 72.8 Å². The van der Waals surface area contributed by atoms with Crippen LogP contribution in [0.1, 0.15) is 34.6 Å². The van der Waals surface area contributed by atoms with E-state index >= 15 is 0 Å². The zero-order valence-corrected chi connectivity index (χ0v) is 21.4. The van der Waals surface area contributed by atoms with E-state index in [1.54, 1.807) is 0 Å². The van der Waals surface area contributed by atoms with Gasteiger partial charge in [0.1, 0.15) is 12.2 Å². The molecule has 2 aliphatic rings. The van der Waals surface area contributed by atoms with Gasteiger partial charge in [0.05, 0.1) is 6.61 Å². The highest BCUT2D eigenvalue weighted by Crippen LogP contribution is 2.39. The van der Waals surface area contributed by atoms with Crippen LogP contribution in [0.2, 0.25) is 5.04 Å². The van der Waals surface area contributed by atoms with Gasteiger partial charge in [0.2, 0.25) is 0 Å². The Hall–Kier alpha value is -2.13. The molecule has 7 heteroatoms. The van der Waals surface area contributed by atoms with Gasteiger partial charge in [0.15, 0.2) is 24.0 Å². The number of rotatable bonds is 6. The Kier molecular flexibility index (Phi) is 6.97. The van der Waals surface area contributed by atoms with Crippen LogP contribution in [0.25, 0.3) is 0 Å². The number of carbonyl (C=O) groups is 1. The van der Waals surface area contributed by atoms with Gasteiger partial charge in [-0.1, -0.05) is 81.4 Å². The fourth-order valence-electron chi connectivity index (χ4n) is 4.99. The Bertz CT molecular complexity index is 975. The summed E-state index contributed by atoms with van der Waals surface area (Å²) in [4.78, 5) is 12.6. The summed E-state index contributed by atoms with van der Waals surface area (Å²) in [6.07, 6.45) is -0.714. The number of hydrogen-bond acceptors (Lipinski definition) is 6. The molecule has 2 heterocycles. The first-order valence-corrected chi connectivity index (χ1v) is 13.6. The van der Waals surface area contributed by atoms with Gasteiger partial charge < -0.3 is 23.7 Å². The number of hydrogen-bond donors (Lipinski definition) is 1. The molecule has 1 N–H and O–H groups in total. The summed E-state index contributed by atoms with van der Waals surface area (Å²) < 4.78 is 24.9. The summed E-state index contributed by atoms with van der Waals surface area (Å²) in [6.45, 7) is 10.5. The van der Waals surface area contributed by atoms with Crippen molar-refractivity contribution in [2.75, 3.05) is 6.61 Å². The van der Waals surface area contributed by atoms with Crippen LogP contribution in [0.5, 0.6) is 0 Å². The van der Waals surface area contributed by atoms with Crippen molar-refractivity contribution in [3.63, 3.8) is 0 Å². The maximum Gasteiger partial charge on any atom is 0.261 e. The van der Waals surface area contributed by atoms with Crippen LogP contribution in [-0.2, 0) is 23.4 Å². The van der Waals surface area contributed by atoms with Crippen LogP contribution in [0.3, 0.4) is 0 Å². The van der Waals surface area contributed by atoms with E-state index < -0.39 is 38.7 Å². The fourth-order valence-corrected chi connectivity index (χ4v) is 9.56. The second kappa shape index (κ2) is 9.49. The normalized spacial score (nSPS) is 27.2. The maximum absolute atomic E-state index is 12.6. The van der Waals surface area contributed by atoms with Crippen molar-refractivity contribution >= 4 is 24.5 Å². The van der Waals surface area contributed by atoms with Crippen molar-refractivity contribution in [2.24, 2.45) is 0 Å². The lowest BCUT2D eigenvalue weighted by atomic mass is 10.0. The Labute approximate surface area is 202 Å². The first-order valence-electron chi connectivity index (χ1n) is 11.7. The highest BCUT2D eigenvalue weighted by molar-refractivity contribution is 6.99. The lowest BCUT2D eigenvalue weighted by molar-refractivity contribution is -0.185. The van der Waals surface area contributed by atoms with Crippen LogP contribution >= 0.6 is 0 Å². The van der Waals surface area contributed by atoms with Gasteiger partial charge in [-0.15, -0.1) is 0 Å². The van der Waals surface area contributed by atoms with Crippen LogP contribution < -0.4 is 10.4 Å². The molecular weight excluding hydrogens is 448 g/mol. The van der Waals surface area contributed by atoms with Crippen LogP contribution in [0, 0.1) is 0 Å². The minimum atomic E-state index is -2.80. The average molecular weight is 483 g/mol. The first-order chi connectivity index (χ1) is 16.0. The fraction of sp³-hybridized carbons (Fsp3) is 0.444. The summed E-state index contributed by atoms with van der Waals surface area (Å²) in [7, 11) is -2.80. The number of ketones is 1. The second-order valence-corrected chi connectivity index (χ2v) is 14.6. The minimum absolute atomic E-state index is 0.198. The monoisotopic (exact) mass is 482 g/mol. The van der Waals surface area contributed by atoms with E-state index in [0.29, 0.717) is 0 Å². The Morgan fingerprint density at radius 2 is 1.53 bits per heavy atom. The van der Waals surface area contributed by atoms with E-state index in [4.69, 9.17) is 18.6 Å². The molecule has 34 heavy (non-hydrogen) atoms. The van der Waals surface area contributed by atoms with E-state index in [-0.39, 0.29) is 17.4 Å². The van der Waals surface area contributed by atoms with E-state index in [1.165, 1.54) is 12.2 Å². The maximum atomic E-state index is 12.6. The lowest BCUT2D eigenvalue weighted by Crippen LogP contribution is -2.67. The first kappa shape index (κ1) is 25.0. The van der Waals surface area contributed by atoms with Crippen molar-refractivity contribution in [1.82, 2.24) is 0 Å². The molecule has 2 aliphatic heterocycles. The van der Waals surface area contributed by atoms with Gasteiger partial charge in [-0.25, -0.2) is 0 Å².